The summed E-state index contributed by atoms with van der Waals surface area (Å²) < 4.78 is 0. The molecule has 0 heterocycles. The molecule has 1 atom stereocenters. The summed E-state index contributed by atoms with van der Waals surface area (Å²) in [7, 11) is 0. The smallest absolute Gasteiger partial charge is 0.121 e. The number of carbonyl (C=O) groups excluding carboxylic acids is 1. The summed E-state index contributed by atoms with van der Waals surface area (Å²) in [6, 6.07) is 10.4. The van der Waals surface area contributed by atoms with E-state index in [2.05, 4.69) is 17.4 Å². The molecule has 13 heavy (non-hydrogen) atoms. The Morgan fingerprint density at radius 2 is 2.08 bits per heavy atom. The Hall–Kier alpha value is -1.15. The number of benzene rings is 1. The molecule has 0 aromatic heterocycles. The van der Waals surface area contributed by atoms with E-state index in [0.29, 0.717) is 6.42 Å². The fraction of sp³-hybridized carbons (Fsp3) is 0.364. The number of rotatable bonds is 5. The predicted octanol–water partition coefficient (Wildman–Crippen LogP) is 1.75. The number of carbonyl (C=O) groups is 1. The van der Waals surface area contributed by atoms with Crippen molar-refractivity contribution in [3.63, 3.8) is 0 Å². The van der Waals surface area contributed by atoms with Crippen LogP contribution >= 0.6 is 0 Å². The Kier molecular flexibility index (Phi) is 4.19. The summed E-state index contributed by atoms with van der Waals surface area (Å²) in [5, 5.41) is 3.27. The highest BCUT2D eigenvalue weighted by Gasteiger charge is 1.98. The molecule has 1 rings (SSSR count). The number of aldehydes is 1. The van der Waals surface area contributed by atoms with Crippen LogP contribution in [0.1, 0.15) is 18.9 Å². The van der Waals surface area contributed by atoms with E-state index in [9.17, 15) is 4.79 Å². The molecule has 0 aliphatic carbocycles. The summed E-state index contributed by atoms with van der Waals surface area (Å²) in [6.45, 7) is 2.84. The molecule has 2 heteroatoms. The van der Waals surface area contributed by atoms with Gasteiger partial charge >= 0.3 is 0 Å². The molecule has 0 saturated carbocycles. The lowest BCUT2D eigenvalue weighted by Crippen LogP contribution is -2.25. The van der Waals surface area contributed by atoms with Crippen LogP contribution in [0.15, 0.2) is 30.3 Å². The zero-order chi connectivity index (χ0) is 9.52. The highest BCUT2D eigenvalue weighted by atomic mass is 16.1. The first kappa shape index (κ1) is 9.93. The van der Waals surface area contributed by atoms with Crippen LogP contribution in [0.3, 0.4) is 0 Å². The summed E-state index contributed by atoms with van der Waals surface area (Å²) in [5.41, 5.74) is 1.25. The molecule has 0 aliphatic heterocycles. The minimum atomic E-state index is 0.262. The van der Waals surface area contributed by atoms with E-state index >= 15 is 0 Å². The van der Waals surface area contributed by atoms with E-state index in [-0.39, 0.29) is 6.04 Å². The van der Waals surface area contributed by atoms with E-state index < -0.39 is 0 Å². The topological polar surface area (TPSA) is 29.1 Å². The van der Waals surface area contributed by atoms with E-state index in [1.54, 1.807) is 0 Å². The quantitative estimate of drug-likeness (QED) is 0.694. The second kappa shape index (κ2) is 5.49. The van der Waals surface area contributed by atoms with Gasteiger partial charge in [-0.25, -0.2) is 0 Å². The largest absolute Gasteiger partial charge is 0.310 e. The minimum absolute atomic E-state index is 0.262. The van der Waals surface area contributed by atoms with Gasteiger partial charge in [-0.05, 0) is 12.5 Å². The highest BCUT2D eigenvalue weighted by Crippen LogP contribution is 1.98. The zero-order valence-corrected chi connectivity index (χ0v) is 7.86. The Labute approximate surface area is 79.0 Å². The van der Waals surface area contributed by atoms with Crippen molar-refractivity contribution in [2.75, 3.05) is 0 Å². The lowest BCUT2D eigenvalue weighted by Gasteiger charge is -2.09. The van der Waals surface area contributed by atoms with Crippen molar-refractivity contribution in [2.45, 2.75) is 25.9 Å². The van der Waals surface area contributed by atoms with Crippen LogP contribution < -0.4 is 5.32 Å². The normalized spacial score (nSPS) is 12.4. The van der Waals surface area contributed by atoms with Gasteiger partial charge in [0.25, 0.3) is 0 Å². The zero-order valence-electron chi connectivity index (χ0n) is 7.86. The van der Waals surface area contributed by atoms with Gasteiger partial charge in [-0.15, -0.1) is 0 Å². The molecule has 2 nitrogen and oxygen atoms in total. The standard InChI is InChI=1S/C11H15NO/c1-10(7-8-13)12-9-11-5-3-2-4-6-11/h2-6,8,10,12H,7,9H2,1H3. The summed E-state index contributed by atoms with van der Waals surface area (Å²) in [4.78, 5) is 10.2. The predicted molar refractivity (Wildman–Crippen MR) is 53.4 cm³/mol. The van der Waals surface area contributed by atoms with Crippen LogP contribution in [-0.2, 0) is 11.3 Å². The first-order valence-electron chi connectivity index (χ1n) is 4.54. The SMILES string of the molecule is CC(CC=O)NCc1ccccc1. The second-order valence-corrected chi connectivity index (χ2v) is 3.17. The molecule has 0 bridgehead atoms. The third-order valence-corrected chi connectivity index (χ3v) is 1.95. The molecule has 1 aromatic carbocycles. The Bertz CT molecular complexity index is 246. The van der Waals surface area contributed by atoms with Gasteiger partial charge in [0.2, 0.25) is 0 Å². The van der Waals surface area contributed by atoms with Crippen LogP contribution in [0.25, 0.3) is 0 Å². The van der Waals surface area contributed by atoms with Crippen molar-refractivity contribution in [1.29, 1.82) is 0 Å². The van der Waals surface area contributed by atoms with Crippen LogP contribution in [-0.4, -0.2) is 12.3 Å². The van der Waals surface area contributed by atoms with Crippen LogP contribution in [0.4, 0.5) is 0 Å². The van der Waals surface area contributed by atoms with Crippen LogP contribution in [0.5, 0.6) is 0 Å². The van der Waals surface area contributed by atoms with Crippen molar-refractivity contribution in [3.8, 4) is 0 Å². The van der Waals surface area contributed by atoms with Crippen molar-refractivity contribution >= 4 is 6.29 Å². The number of nitrogens with one attached hydrogen (secondary N) is 1. The molecule has 1 unspecified atom stereocenters. The lowest BCUT2D eigenvalue weighted by atomic mass is 10.2. The molecule has 0 fully saturated rings. The van der Waals surface area contributed by atoms with Crippen LogP contribution in [0.2, 0.25) is 0 Å². The molecule has 0 amide bonds. The fourth-order valence-electron chi connectivity index (χ4n) is 1.12. The van der Waals surface area contributed by atoms with E-state index in [0.717, 1.165) is 12.8 Å². The molecule has 1 aromatic rings. The number of hydrogen-bond donors (Lipinski definition) is 1. The van der Waals surface area contributed by atoms with Crippen LogP contribution in [0, 0.1) is 0 Å². The minimum Gasteiger partial charge on any atom is -0.310 e. The molecule has 70 valence electrons. The van der Waals surface area contributed by atoms with Gasteiger partial charge < -0.3 is 10.1 Å². The maximum Gasteiger partial charge on any atom is 0.121 e. The molecule has 1 N–H and O–H groups in total. The summed E-state index contributed by atoms with van der Waals surface area (Å²) in [6.07, 6.45) is 1.52. The molecule has 0 spiro atoms. The maximum absolute atomic E-state index is 10.2. The van der Waals surface area contributed by atoms with Gasteiger partial charge in [-0.2, -0.15) is 0 Å². The van der Waals surface area contributed by atoms with Crippen molar-refractivity contribution in [1.82, 2.24) is 5.32 Å². The second-order valence-electron chi connectivity index (χ2n) is 3.17. The van der Waals surface area contributed by atoms with Gasteiger partial charge in [0.15, 0.2) is 0 Å². The Morgan fingerprint density at radius 1 is 1.38 bits per heavy atom. The van der Waals surface area contributed by atoms with Gasteiger partial charge in [0, 0.05) is 19.0 Å². The lowest BCUT2D eigenvalue weighted by molar-refractivity contribution is -0.108. The van der Waals surface area contributed by atoms with Crippen molar-refractivity contribution in [2.24, 2.45) is 0 Å². The molecule has 0 aliphatic rings. The third kappa shape index (κ3) is 3.85. The van der Waals surface area contributed by atoms with Gasteiger partial charge in [0.05, 0.1) is 0 Å². The average molecular weight is 177 g/mol. The van der Waals surface area contributed by atoms with Gasteiger partial charge in [-0.1, -0.05) is 30.3 Å². The van der Waals surface area contributed by atoms with Crippen molar-refractivity contribution in [3.05, 3.63) is 35.9 Å². The number of hydrogen-bond acceptors (Lipinski definition) is 2. The van der Waals surface area contributed by atoms with E-state index in [1.165, 1.54) is 5.56 Å². The molecular formula is C11H15NO. The van der Waals surface area contributed by atoms with Crippen molar-refractivity contribution < 1.29 is 4.79 Å². The Balaban J connectivity index is 2.30. The molecule has 0 radical (unpaired) electrons. The van der Waals surface area contributed by atoms with Gasteiger partial charge in [-0.3, -0.25) is 0 Å². The van der Waals surface area contributed by atoms with E-state index in [4.69, 9.17) is 0 Å². The monoisotopic (exact) mass is 177 g/mol. The third-order valence-electron chi connectivity index (χ3n) is 1.95. The van der Waals surface area contributed by atoms with Gasteiger partial charge in [0.1, 0.15) is 6.29 Å². The summed E-state index contributed by atoms with van der Waals surface area (Å²) in [5.74, 6) is 0. The molecular weight excluding hydrogens is 162 g/mol. The fourth-order valence-corrected chi connectivity index (χ4v) is 1.12. The first-order valence-corrected chi connectivity index (χ1v) is 4.54. The molecule has 0 saturated heterocycles. The highest BCUT2D eigenvalue weighted by molar-refractivity contribution is 5.50. The average Bonchev–Trinajstić information content (AvgIpc) is 2.17. The first-order chi connectivity index (χ1) is 6.33. The summed E-state index contributed by atoms with van der Waals surface area (Å²) >= 11 is 0. The Morgan fingerprint density at radius 3 is 2.69 bits per heavy atom. The van der Waals surface area contributed by atoms with E-state index in [1.807, 2.05) is 25.1 Å². The maximum atomic E-state index is 10.2.